The minimum atomic E-state index is -3.74. The molecule has 3 aromatic rings. The molecule has 0 radical (unpaired) electrons. The molecule has 4 rings (SSSR count). The number of amides is 1. The Balaban J connectivity index is 1.56. The van der Waals surface area contributed by atoms with Gasteiger partial charge in [0, 0.05) is 5.56 Å². The maximum atomic E-state index is 13.3. The van der Waals surface area contributed by atoms with Crippen LogP contribution < -0.4 is 11.1 Å². The van der Waals surface area contributed by atoms with Gasteiger partial charge >= 0.3 is 0 Å². The second-order valence-corrected chi connectivity index (χ2v) is 10.1. The molecule has 0 spiro atoms. The van der Waals surface area contributed by atoms with Crippen molar-refractivity contribution in [3.8, 4) is 0 Å². The molecule has 3 aromatic carbocycles. The maximum absolute atomic E-state index is 13.3. The lowest BCUT2D eigenvalue weighted by atomic mass is 10.1. The summed E-state index contributed by atoms with van der Waals surface area (Å²) in [5.41, 5.74) is 8.54. The largest absolute Gasteiger partial charge is 0.397 e. The molecule has 0 unspecified atom stereocenters. The van der Waals surface area contributed by atoms with E-state index in [2.05, 4.69) is 10.3 Å². The Kier molecular flexibility index (Phi) is 6.20. The van der Waals surface area contributed by atoms with Crippen molar-refractivity contribution in [3.63, 3.8) is 0 Å². The second kappa shape index (κ2) is 9.05. The van der Waals surface area contributed by atoms with Crippen LogP contribution in [0.3, 0.4) is 0 Å². The molecule has 0 fully saturated rings. The van der Waals surface area contributed by atoms with Crippen molar-refractivity contribution >= 4 is 49.9 Å². The summed E-state index contributed by atoms with van der Waals surface area (Å²) in [4.78, 5) is 17.3. The number of nitrogens with one attached hydrogen (secondary N) is 1. The van der Waals surface area contributed by atoms with Crippen molar-refractivity contribution in [1.29, 1.82) is 0 Å². The number of sulfonamides is 1. The molecular formula is C23H22N4O3S2. The van der Waals surface area contributed by atoms with Gasteiger partial charge in [0.05, 0.1) is 23.6 Å². The van der Waals surface area contributed by atoms with E-state index in [0.29, 0.717) is 33.5 Å². The van der Waals surface area contributed by atoms with Crippen LogP contribution in [0.1, 0.15) is 22.8 Å². The number of benzene rings is 3. The lowest BCUT2D eigenvalue weighted by Gasteiger charge is -2.29. The standard InChI is InChI=1S/C23H22N4O3S2/c1-2-31-23-26-20-9-5-6-10-21(20)32(29,30)27(23)15-16-11-13-17(14-12-16)22(28)25-19-8-4-3-7-18(19)24/h3-14H,2,15,24H2,1H3,(H,25,28). The number of carbonyl (C=O) groups excluding carboxylic acids is 1. The average molecular weight is 467 g/mol. The Bertz CT molecular complexity index is 1290. The first-order valence-electron chi connectivity index (χ1n) is 9.98. The highest BCUT2D eigenvalue weighted by Crippen LogP contribution is 2.35. The van der Waals surface area contributed by atoms with Crippen LogP contribution in [0.25, 0.3) is 0 Å². The lowest BCUT2D eigenvalue weighted by Crippen LogP contribution is -2.37. The monoisotopic (exact) mass is 466 g/mol. The van der Waals surface area contributed by atoms with Gasteiger partial charge < -0.3 is 11.1 Å². The van der Waals surface area contributed by atoms with E-state index in [0.717, 1.165) is 5.56 Å². The van der Waals surface area contributed by atoms with Crippen LogP contribution >= 0.6 is 11.8 Å². The molecule has 9 heteroatoms. The van der Waals surface area contributed by atoms with E-state index in [-0.39, 0.29) is 17.3 Å². The van der Waals surface area contributed by atoms with Crippen LogP contribution in [0.2, 0.25) is 0 Å². The molecule has 0 bridgehead atoms. The highest BCUT2D eigenvalue weighted by Gasteiger charge is 2.34. The fourth-order valence-corrected chi connectivity index (χ4v) is 5.78. The summed E-state index contributed by atoms with van der Waals surface area (Å²) in [6.45, 7) is 2.07. The summed E-state index contributed by atoms with van der Waals surface area (Å²) in [7, 11) is -3.74. The van der Waals surface area contributed by atoms with E-state index in [1.54, 1.807) is 72.8 Å². The maximum Gasteiger partial charge on any atom is 0.268 e. The van der Waals surface area contributed by atoms with Crippen LogP contribution in [0.15, 0.2) is 82.7 Å². The Morgan fingerprint density at radius 3 is 2.44 bits per heavy atom. The van der Waals surface area contributed by atoms with Crippen LogP contribution in [0, 0.1) is 0 Å². The molecule has 0 saturated heterocycles. The van der Waals surface area contributed by atoms with Gasteiger partial charge in [0.25, 0.3) is 15.9 Å². The van der Waals surface area contributed by atoms with E-state index in [9.17, 15) is 13.2 Å². The number of rotatable bonds is 5. The molecule has 7 nitrogen and oxygen atoms in total. The molecule has 1 aliphatic rings. The smallest absolute Gasteiger partial charge is 0.268 e. The number of anilines is 2. The second-order valence-electron chi connectivity index (χ2n) is 7.05. The van der Waals surface area contributed by atoms with E-state index in [1.807, 2.05) is 6.92 Å². The summed E-state index contributed by atoms with van der Waals surface area (Å²) in [5.74, 6) is 0.395. The first-order chi connectivity index (χ1) is 15.4. The zero-order valence-electron chi connectivity index (χ0n) is 17.4. The molecule has 164 valence electrons. The molecule has 1 amide bonds. The van der Waals surface area contributed by atoms with Crippen molar-refractivity contribution in [1.82, 2.24) is 4.31 Å². The topological polar surface area (TPSA) is 105 Å². The van der Waals surface area contributed by atoms with Gasteiger partial charge in [-0.15, -0.1) is 0 Å². The number of nitrogens with two attached hydrogens (primary N) is 1. The third-order valence-electron chi connectivity index (χ3n) is 4.89. The number of aliphatic imine (C=N–C) groups is 1. The van der Waals surface area contributed by atoms with Crippen molar-refractivity contribution in [2.45, 2.75) is 18.4 Å². The van der Waals surface area contributed by atoms with Gasteiger partial charge in [-0.1, -0.05) is 55.1 Å². The zero-order valence-corrected chi connectivity index (χ0v) is 19.0. The van der Waals surface area contributed by atoms with Gasteiger partial charge in [0.15, 0.2) is 5.17 Å². The molecule has 3 N–H and O–H groups in total. The molecule has 1 heterocycles. The Labute approximate surface area is 191 Å². The number of hydrogen-bond donors (Lipinski definition) is 2. The van der Waals surface area contributed by atoms with Crippen LogP contribution in [-0.2, 0) is 16.6 Å². The van der Waals surface area contributed by atoms with E-state index < -0.39 is 10.0 Å². The minimum absolute atomic E-state index is 0.121. The number of nitrogens with zero attached hydrogens (tertiary/aromatic N) is 2. The van der Waals surface area contributed by atoms with Gasteiger partial charge in [-0.3, -0.25) is 4.79 Å². The van der Waals surface area contributed by atoms with Gasteiger partial charge in [-0.2, -0.15) is 0 Å². The highest BCUT2D eigenvalue weighted by atomic mass is 32.2. The first-order valence-corrected chi connectivity index (χ1v) is 12.4. The highest BCUT2D eigenvalue weighted by molar-refractivity contribution is 8.14. The van der Waals surface area contributed by atoms with Gasteiger partial charge in [-0.05, 0) is 47.7 Å². The van der Waals surface area contributed by atoms with Crippen LogP contribution in [-0.4, -0.2) is 29.6 Å². The van der Waals surface area contributed by atoms with E-state index >= 15 is 0 Å². The van der Waals surface area contributed by atoms with Crippen LogP contribution in [0.5, 0.6) is 0 Å². The molecular weight excluding hydrogens is 444 g/mol. The normalized spacial score (nSPS) is 14.4. The number of hydrogen-bond acceptors (Lipinski definition) is 6. The Hall–Kier alpha value is -3.30. The summed E-state index contributed by atoms with van der Waals surface area (Å²) in [6.07, 6.45) is 0. The number of carbonyl (C=O) groups is 1. The predicted octanol–water partition coefficient (Wildman–Crippen LogP) is 4.47. The average Bonchev–Trinajstić information content (AvgIpc) is 2.78. The predicted molar refractivity (Wildman–Crippen MR) is 130 cm³/mol. The fraction of sp³-hybridized carbons (Fsp3) is 0.130. The van der Waals surface area contributed by atoms with Crippen molar-refractivity contribution in [2.24, 2.45) is 4.99 Å². The quantitative estimate of drug-likeness (QED) is 0.540. The molecule has 1 aliphatic heterocycles. The first kappa shape index (κ1) is 21.9. The van der Waals surface area contributed by atoms with Gasteiger partial charge in [0.2, 0.25) is 0 Å². The summed E-state index contributed by atoms with van der Waals surface area (Å²) in [6, 6.07) is 20.6. The number of amidine groups is 1. The Morgan fingerprint density at radius 2 is 1.72 bits per heavy atom. The molecule has 32 heavy (non-hydrogen) atoms. The van der Waals surface area contributed by atoms with Crippen molar-refractivity contribution in [2.75, 3.05) is 16.8 Å². The number of nitrogen functional groups attached to an aromatic ring is 1. The third kappa shape index (κ3) is 4.35. The summed E-state index contributed by atoms with van der Waals surface area (Å²) in [5, 5.41) is 3.22. The SMILES string of the molecule is CCSC1=Nc2ccccc2S(=O)(=O)N1Cc1ccc(C(=O)Nc2ccccc2N)cc1. The number of para-hydroxylation sites is 3. The van der Waals surface area contributed by atoms with Gasteiger partial charge in [0.1, 0.15) is 4.90 Å². The van der Waals surface area contributed by atoms with Crippen molar-refractivity contribution < 1.29 is 13.2 Å². The summed E-state index contributed by atoms with van der Waals surface area (Å²) < 4.78 is 27.8. The molecule has 0 atom stereocenters. The lowest BCUT2D eigenvalue weighted by molar-refractivity contribution is 0.102. The van der Waals surface area contributed by atoms with Gasteiger partial charge in [-0.25, -0.2) is 17.7 Å². The molecule has 0 aliphatic carbocycles. The molecule has 0 aromatic heterocycles. The van der Waals surface area contributed by atoms with Crippen molar-refractivity contribution in [3.05, 3.63) is 83.9 Å². The number of fused-ring (bicyclic) bond motifs is 1. The number of thioether (sulfide) groups is 1. The third-order valence-corrected chi connectivity index (χ3v) is 7.64. The zero-order chi connectivity index (χ0) is 22.7. The van der Waals surface area contributed by atoms with E-state index in [4.69, 9.17) is 5.73 Å². The summed E-state index contributed by atoms with van der Waals surface area (Å²) >= 11 is 1.38. The van der Waals surface area contributed by atoms with Crippen LogP contribution in [0.4, 0.5) is 17.1 Å². The molecule has 0 saturated carbocycles. The van der Waals surface area contributed by atoms with E-state index in [1.165, 1.54) is 16.1 Å². The minimum Gasteiger partial charge on any atom is -0.397 e. The fourth-order valence-electron chi connectivity index (χ4n) is 3.27. The Morgan fingerprint density at radius 1 is 1.03 bits per heavy atom.